The van der Waals surface area contributed by atoms with E-state index in [1.54, 1.807) is 16.9 Å². The number of pyridine rings is 2. The molecule has 0 amide bonds. The molecule has 0 atom stereocenters. The molecule has 1 N–H and O–H groups in total. The maximum atomic E-state index is 4.51. The molecule has 0 radical (unpaired) electrons. The maximum absolute atomic E-state index is 4.51. The Hall–Kier alpha value is -3.35. The molecule has 4 heterocycles. The van der Waals surface area contributed by atoms with E-state index in [0.29, 0.717) is 5.78 Å². The van der Waals surface area contributed by atoms with Crippen LogP contribution in [0.1, 0.15) is 5.56 Å². The van der Waals surface area contributed by atoms with Gasteiger partial charge in [-0.05, 0) is 30.2 Å². The van der Waals surface area contributed by atoms with Crippen LogP contribution in [0.15, 0.2) is 61.3 Å². The Bertz CT molecular complexity index is 935. The molecule has 0 aliphatic heterocycles. The summed E-state index contributed by atoms with van der Waals surface area (Å²) in [7, 11) is 0. The van der Waals surface area contributed by atoms with Gasteiger partial charge in [0.05, 0.1) is 11.4 Å². The number of hydrogen-bond acceptors (Lipinski definition) is 6. The first kappa shape index (κ1) is 14.3. The van der Waals surface area contributed by atoms with Gasteiger partial charge in [-0.1, -0.05) is 12.1 Å². The van der Waals surface area contributed by atoms with Gasteiger partial charge in [-0.3, -0.25) is 9.97 Å². The lowest BCUT2D eigenvalue weighted by molar-refractivity contribution is 0.911. The van der Waals surface area contributed by atoms with Crippen molar-refractivity contribution in [3.63, 3.8) is 0 Å². The first-order chi connectivity index (χ1) is 11.9. The molecule has 7 heteroatoms. The number of anilines is 1. The summed E-state index contributed by atoms with van der Waals surface area (Å²) in [6.07, 6.45) is 7.76. The van der Waals surface area contributed by atoms with Crippen LogP contribution in [-0.2, 0) is 6.42 Å². The zero-order valence-corrected chi connectivity index (χ0v) is 12.9. The van der Waals surface area contributed by atoms with E-state index in [1.165, 1.54) is 11.9 Å². The summed E-state index contributed by atoms with van der Waals surface area (Å²) in [4.78, 5) is 17.2. The van der Waals surface area contributed by atoms with Gasteiger partial charge in [-0.15, -0.1) is 0 Å². The molecule has 4 rings (SSSR count). The molecule has 0 spiro atoms. The summed E-state index contributed by atoms with van der Waals surface area (Å²) in [6, 6.07) is 11.7. The number of nitrogens with one attached hydrogen (secondary N) is 1. The van der Waals surface area contributed by atoms with E-state index in [1.807, 2.05) is 36.5 Å². The molecule has 0 saturated heterocycles. The molecule has 0 unspecified atom stereocenters. The monoisotopic (exact) mass is 317 g/mol. The van der Waals surface area contributed by atoms with Crippen LogP contribution >= 0.6 is 0 Å². The number of aromatic nitrogens is 6. The Morgan fingerprint density at radius 3 is 2.83 bits per heavy atom. The molecule has 0 bridgehead atoms. The maximum Gasteiger partial charge on any atom is 0.254 e. The van der Waals surface area contributed by atoms with E-state index < -0.39 is 0 Å². The molecule has 0 aromatic carbocycles. The third kappa shape index (κ3) is 2.91. The molecule has 118 valence electrons. The van der Waals surface area contributed by atoms with Crippen LogP contribution < -0.4 is 5.32 Å². The zero-order valence-electron chi connectivity index (χ0n) is 12.9. The Morgan fingerprint density at radius 2 is 2.00 bits per heavy atom. The van der Waals surface area contributed by atoms with Gasteiger partial charge in [0.25, 0.3) is 5.78 Å². The minimum absolute atomic E-state index is 0.544. The van der Waals surface area contributed by atoms with Crippen LogP contribution in [0.4, 0.5) is 5.82 Å². The van der Waals surface area contributed by atoms with Gasteiger partial charge in [0.15, 0.2) is 0 Å². The Balaban J connectivity index is 1.60. The largest absolute Gasteiger partial charge is 0.370 e. The van der Waals surface area contributed by atoms with Gasteiger partial charge in [0, 0.05) is 31.2 Å². The summed E-state index contributed by atoms with van der Waals surface area (Å²) in [5.41, 5.74) is 2.75. The average Bonchev–Trinajstić information content (AvgIpc) is 3.12. The zero-order chi connectivity index (χ0) is 16.2. The number of rotatable bonds is 5. The highest BCUT2D eigenvalue weighted by atomic mass is 15.3. The quantitative estimate of drug-likeness (QED) is 0.608. The molecule has 0 fully saturated rings. The van der Waals surface area contributed by atoms with Gasteiger partial charge >= 0.3 is 0 Å². The second-order valence-electron chi connectivity index (χ2n) is 5.25. The lowest BCUT2D eigenvalue weighted by atomic mass is 10.2. The van der Waals surface area contributed by atoms with Crippen molar-refractivity contribution in [2.24, 2.45) is 0 Å². The van der Waals surface area contributed by atoms with Gasteiger partial charge < -0.3 is 5.32 Å². The summed E-state index contributed by atoms with van der Waals surface area (Å²) in [5.74, 6) is 1.38. The van der Waals surface area contributed by atoms with Crippen LogP contribution in [0.2, 0.25) is 0 Å². The first-order valence-electron chi connectivity index (χ1n) is 7.65. The van der Waals surface area contributed by atoms with E-state index >= 15 is 0 Å². The van der Waals surface area contributed by atoms with Crippen LogP contribution in [0.5, 0.6) is 0 Å². The fraction of sp³-hybridized carbons (Fsp3) is 0.118. The second-order valence-corrected chi connectivity index (χ2v) is 5.25. The van der Waals surface area contributed by atoms with E-state index in [2.05, 4.69) is 36.4 Å². The van der Waals surface area contributed by atoms with Crippen molar-refractivity contribution in [1.29, 1.82) is 0 Å². The molecule has 24 heavy (non-hydrogen) atoms. The lowest BCUT2D eigenvalue weighted by Crippen LogP contribution is -2.10. The minimum Gasteiger partial charge on any atom is -0.370 e. The number of nitrogens with zero attached hydrogens (tertiary/aromatic N) is 6. The third-order valence-corrected chi connectivity index (χ3v) is 3.62. The highest BCUT2D eigenvalue weighted by Crippen LogP contribution is 2.19. The first-order valence-corrected chi connectivity index (χ1v) is 7.65. The highest BCUT2D eigenvalue weighted by molar-refractivity contribution is 5.61. The number of hydrogen-bond donors (Lipinski definition) is 1. The van der Waals surface area contributed by atoms with Crippen molar-refractivity contribution in [3.8, 4) is 11.4 Å². The molecular weight excluding hydrogens is 302 g/mol. The smallest absolute Gasteiger partial charge is 0.254 e. The van der Waals surface area contributed by atoms with E-state index in [0.717, 1.165) is 30.2 Å². The van der Waals surface area contributed by atoms with Gasteiger partial charge in [-0.25, -0.2) is 4.98 Å². The Morgan fingerprint density at radius 1 is 1.00 bits per heavy atom. The predicted octanol–water partition coefficient (Wildman–Crippen LogP) is 2.24. The Labute approximate surface area is 138 Å². The standard InChI is InChI=1S/C17H15N7/c1-2-8-19-14(5-1)15-10-16(24-17(23-15)21-12-22-24)20-9-6-13-4-3-7-18-11-13/h1-5,7-8,10-12,20H,6,9H2. The summed E-state index contributed by atoms with van der Waals surface area (Å²) in [6.45, 7) is 0.756. The molecule has 0 saturated carbocycles. The van der Waals surface area contributed by atoms with E-state index in [9.17, 15) is 0 Å². The van der Waals surface area contributed by atoms with Crippen LogP contribution in [0.25, 0.3) is 17.2 Å². The minimum atomic E-state index is 0.544. The fourth-order valence-electron chi connectivity index (χ4n) is 2.46. The van der Waals surface area contributed by atoms with Gasteiger partial charge in [-0.2, -0.15) is 14.6 Å². The van der Waals surface area contributed by atoms with Crippen LogP contribution in [-0.4, -0.2) is 36.1 Å². The predicted molar refractivity (Wildman–Crippen MR) is 90.4 cm³/mol. The molecule has 4 aromatic heterocycles. The molecule has 0 aliphatic rings. The van der Waals surface area contributed by atoms with Crippen molar-refractivity contribution < 1.29 is 0 Å². The van der Waals surface area contributed by atoms with Crippen molar-refractivity contribution in [3.05, 3.63) is 66.9 Å². The topological polar surface area (TPSA) is 80.9 Å². The van der Waals surface area contributed by atoms with Crippen molar-refractivity contribution in [1.82, 2.24) is 29.5 Å². The van der Waals surface area contributed by atoms with Crippen LogP contribution in [0.3, 0.4) is 0 Å². The lowest BCUT2D eigenvalue weighted by Gasteiger charge is -2.09. The average molecular weight is 317 g/mol. The SMILES string of the molecule is c1ccc(-c2cc(NCCc3cccnc3)n3ncnc3n2)nc1. The second kappa shape index (κ2) is 6.41. The van der Waals surface area contributed by atoms with E-state index in [-0.39, 0.29) is 0 Å². The molecule has 0 aliphatic carbocycles. The summed E-state index contributed by atoms with van der Waals surface area (Å²) >= 11 is 0. The third-order valence-electron chi connectivity index (χ3n) is 3.62. The summed E-state index contributed by atoms with van der Waals surface area (Å²) in [5, 5.41) is 7.62. The highest BCUT2D eigenvalue weighted by Gasteiger charge is 2.09. The molecular formula is C17H15N7. The van der Waals surface area contributed by atoms with E-state index in [4.69, 9.17) is 0 Å². The Kier molecular flexibility index (Phi) is 3.81. The van der Waals surface area contributed by atoms with Crippen molar-refractivity contribution >= 4 is 11.6 Å². The van der Waals surface area contributed by atoms with Crippen LogP contribution in [0, 0.1) is 0 Å². The molecule has 4 aromatic rings. The van der Waals surface area contributed by atoms with Gasteiger partial charge in [0.1, 0.15) is 12.1 Å². The van der Waals surface area contributed by atoms with Crippen molar-refractivity contribution in [2.45, 2.75) is 6.42 Å². The normalized spacial score (nSPS) is 10.8. The molecule has 7 nitrogen and oxygen atoms in total. The fourth-order valence-corrected chi connectivity index (χ4v) is 2.46. The summed E-state index contributed by atoms with van der Waals surface area (Å²) < 4.78 is 1.69. The van der Waals surface area contributed by atoms with Crippen molar-refractivity contribution in [2.75, 3.05) is 11.9 Å². The number of fused-ring (bicyclic) bond motifs is 1. The van der Waals surface area contributed by atoms with Gasteiger partial charge in [0.2, 0.25) is 0 Å².